The van der Waals surface area contributed by atoms with Crippen LogP contribution in [0.1, 0.15) is 11.3 Å². The maximum atomic E-state index is 13.4. The summed E-state index contributed by atoms with van der Waals surface area (Å²) in [5, 5.41) is 9.40. The molecular weight excluding hydrogens is 426 g/mol. The van der Waals surface area contributed by atoms with Gasteiger partial charge >= 0.3 is 0 Å². The van der Waals surface area contributed by atoms with E-state index < -0.39 is 0 Å². The standard InChI is InChI=1S/C27H23N5O2/c1-3-16-31-18(2)22(17-24(33)28-23-15-9-13-19-10-7-8-14-21(19)23)26(34)32-27(31)29-25(30-32)20-11-5-4-6-12-20/h3-15H,1,16-17H2,2H3,(H,28,33). The first-order valence-corrected chi connectivity index (χ1v) is 11.0. The molecule has 0 aliphatic rings. The summed E-state index contributed by atoms with van der Waals surface area (Å²) in [6.45, 7) is 6.08. The summed E-state index contributed by atoms with van der Waals surface area (Å²) in [5.74, 6) is 0.594. The van der Waals surface area contributed by atoms with Crippen LogP contribution in [0.15, 0.2) is 90.2 Å². The molecule has 3 aromatic carbocycles. The van der Waals surface area contributed by atoms with Gasteiger partial charge in [0.15, 0.2) is 5.82 Å². The molecule has 1 N–H and O–H groups in total. The Morgan fingerprint density at radius 1 is 1.03 bits per heavy atom. The van der Waals surface area contributed by atoms with Gasteiger partial charge in [-0.3, -0.25) is 9.59 Å². The van der Waals surface area contributed by atoms with Gasteiger partial charge in [0.1, 0.15) is 0 Å². The predicted octanol–water partition coefficient (Wildman–Crippen LogP) is 4.39. The number of hydrogen-bond acceptors (Lipinski definition) is 4. The van der Waals surface area contributed by atoms with E-state index in [1.54, 1.807) is 6.08 Å². The molecule has 0 unspecified atom stereocenters. The molecule has 1 amide bonds. The van der Waals surface area contributed by atoms with Crippen LogP contribution in [0.2, 0.25) is 0 Å². The summed E-state index contributed by atoms with van der Waals surface area (Å²) >= 11 is 0. The van der Waals surface area contributed by atoms with Crippen LogP contribution in [0, 0.1) is 6.92 Å². The van der Waals surface area contributed by atoms with E-state index in [1.807, 2.05) is 84.3 Å². The van der Waals surface area contributed by atoms with E-state index in [4.69, 9.17) is 0 Å². The summed E-state index contributed by atoms with van der Waals surface area (Å²) in [6.07, 6.45) is 1.65. The Bertz CT molecular complexity index is 1590. The number of carbonyl (C=O) groups is 1. The molecule has 2 heterocycles. The third-order valence-corrected chi connectivity index (χ3v) is 5.87. The van der Waals surface area contributed by atoms with E-state index in [0.29, 0.717) is 35.1 Å². The highest BCUT2D eigenvalue weighted by atomic mass is 16.2. The lowest BCUT2D eigenvalue weighted by Crippen LogP contribution is -2.29. The van der Waals surface area contributed by atoms with Crippen LogP contribution < -0.4 is 10.9 Å². The van der Waals surface area contributed by atoms with E-state index in [9.17, 15) is 9.59 Å². The monoisotopic (exact) mass is 449 g/mol. The van der Waals surface area contributed by atoms with Crippen LogP contribution in [-0.4, -0.2) is 25.1 Å². The van der Waals surface area contributed by atoms with E-state index in [-0.39, 0.29) is 17.9 Å². The van der Waals surface area contributed by atoms with Gasteiger partial charge in [-0.05, 0) is 18.4 Å². The third-order valence-electron chi connectivity index (χ3n) is 5.87. The Hall–Kier alpha value is -4.52. The highest BCUT2D eigenvalue weighted by Crippen LogP contribution is 2.23. The SMILES string of the molecule is C=CCn1c(C)c(CC(=O)Nc2cccc3ccccc23)c(=O)n2nc(-c3ccccc3)nc12. The largest absolute Gasteiger partial charge is 0.325 e. The molecule has 168 valence electrons. The van der Waals surface area contributed by atoms with Crippen molar-refractivity contribution in [3.8, 4) is 11.4 Å². The molecule has 5 aromatic rings. The molecule has 0 spiro atoms. The molecule has 0 aliphatic heterocycles. The number of aromatic nitrogens is 4. The smallest absolute Gasteiger partial charge is 0.279 e. The van der Waals surface area contributed by atoms with Crippen molar-refractivity contribution in [1.29, 1.82) is 0 Å². The molecule has 0 atom stereocenters. The lowest BCUT2D eigenvalue weighted by Gasteiger charge is -2.14. The van der Waals surface area contributed by atoms with E-state index >= 15 is 0 Å². The number of nitrogens with one attached hydrogen (secondary N) is 1. The van der Waals surface area contributed by atoms with Crippen molar-refractivity contribution in [2.24, 2.45) is 0 Å². The number of amides is 1. The van der Waals surface area contributed by atoms with Crippen molar-refractivity contribution in [2.45, 2.75) is 19.9 Å². The van der Waals surface area contributed by atoms with Crippen molar-refractivity contribution in [3.05, 3.63) is 107 Å². The van der Waals surface area contributed by atoms with Crippen LogP contribution in [-0.2, 0) is 17.8 Å². The normalized spacial score (nSPS) is 11.1. The fourth-order valence-electron chi connectivity index (χ4n) is 4.16. The van der Waals surface area contributed by atoms with Crippen molar-refractivity contribution in [2.75, 3.05) is 5.32 Å². The number of anilines is 1. The Balaban J connectivity index is 1.55. The molecule has 7 heteroatoms. The fraction of sp³-hybridized carbons (Fsp3) is 0.111. The number of rotatable bonds is 6. The Labute approximate surface area is 196 Å². The van der Waals surface area contributed by atoms with Crippen LogP contribution in [0.4, 0.5) is 5.69 Å². The summed E-state index contributed by atoms with van der Waals surface area (Å²) in [7, 11) is 0. The topological polar surface area (TPSA) is 81.3 Å². The first-order chi connectivity index (χ1) is 16.6. The Kier molecular flexibility index (Phi) is 5.51. The number of allylic oxidation sites excluding steroid dienone is 1. The minimum absolute atomic E-state index is 0.0818. The Morgan fingerprint density at radius 3 is 2.56 bits per heavy atom. The number of nitrogens with zero attached hydrogens (tertiary/aromatic N) is 4. The van der Waals surface area contributed by atoms with Crippen LogP contribution in [0.5, 0.6) is 0 Å². The molecule has 0 bridgehead atoms. The summed E-state index contributed by atoms with van der Waals surface area (Å²) in [5.41, 5.74) is 2.20. The molecule has 2 aromatic heterocycles. The van der Waals surface area contributed by atoms with Gasteiger partial charge in [0.2, 0.25) is 11.7 Å². The third kappa shape index (κ3) is 3.77. The van der Waals surface area contributed by atoms with E-state index in [1.165, 1.54) is 4.52 Å². The zero-order valence-corrected chi connectivity index (χ0v) is 18.7. The Morgan fingerprint density at radius 2 is 1.76 bits per heavy atom. The lowest BCUT2D eigenvalue weighted by molar-refractivity contribution is -0.115. The molecule has 0 saturated carbocycles. The van der Waals surface area contributed by atoms with Crippen molar-refractivity contribution in [1.82, 2.24) is 19.2 Å². The van der Waals surface area contributed by atoms with Crippen LogP contribution >= 0.6 is 0 Å². The van der Waals surface area contributed by atoms with Gasteiger partial charge in [-0.1, -0.05) is 72.8 Å². The minimum Gasteiger partial charge on any atom is -0.325 e. The molecular formula is C27H23N5O2. The minimum atomic E-state index is -0.351. The molecule has 0 saturated heterocycles. The van der Waals surface area contributed by atoms with Gasteiger partial charge in [-0.2, -0.15) is 9.50 Å². The summed E-state index contributed by atoms with van der Waals surface area (Å²) in [6, 6.07) is 23.1. The van der Waals surface area contributed by atoms with Gasteiger partial charge in [0, 0.05) is 34.4 Å². The second-order valence-electron chi connectivity index (χ2n) is 8.03. The molecule has 0 radical (unpaired) electrons. The van der Waals surface area contributed by atoms with Gasteiger partial charge in [0.05, 0.1) is 6.42 Å². The van der Waals surface area contributed by atoms with Crippen molar-refractivity contribution in [3.63, 3.8) is 0 Å². The van der Waals surface area contributed by atoms with Gasteiger partial charge in [-0.15, -0.1) is 11.7 Å². The quantitative estimate of drug-likeness (QED) is 0.390. The summed E-state index contributed by atoms with van der Waals surface area (Å²) in [4.78, 5) is 31.0. The maximum absolute atomic E-state index is 13.4. The van der Waals surface area contributed by atoms with Crippen molar-refractivity contribution < 1.29 is 4.79 Å². The van der Waals surface area contributed by atoms with Crippen molar-refractivity contribution >= 4 is 28.1 Å². The highest BCUT2D eigenvalue weighted by Gasteiger charge is 2.20. The lowest BCUT2D eigenvalue weighted by atomic mass is 10.1. The average Bonchev–Trinajstić information content (AvgIpc) is 3.31. The van der Waals surface area contributed by atoms with Crippen LogP contribution in [0.3, 0.4) is 0 Å². The van der Waals surface area contributed by atoms with Gasteiger partial charge < -0.3 is 9.88 Å². The van der Waals surface area contributed by atoms with Gasteiger partial charge in [0.25, 0.3) is 5.56 Å². The first-order valence-electron chi connectivity index (χ1n) is 11.0. The summed E-state index contributed by atoms with van der Waals surface area (Å²) < 4.78 is 3.13. The highest BCUT2D eigenvalue weighted by molar-refractivity contribution is 6.02. The number of fused-ring (bicyclic) bond motifs is 2. The second-order valence-corrected chi connectivity index (χ2v) is 8.03. The molecule has 7 nitrogen and oxygen atoms in total. The maximum Gasteiger partial charge on any atom is 0.279 e. The van der Waals surface area contributed by atoms with E-state index in [0.717, 1.165) is 16.3 Å². The second kappa shape index (κ2) is 8.78. The molecule has 5 rings (SSSR count). The molecule has 34 heavy (non-hydrogen) atoms. The zero-order valence-electron chi connectivity index (χ0n) is 18.7. The number of carbonyl (C=O) groups excluding carboxylic acids is 1. The molecule has 0 aliphatic carbocycles. The molecule has 0 fully saturated rings. The van der Waals surface area contributed by atoms with E-state index in [2.05, 4.69) is 22.0 Å². The average molecular weight is 450 g/mol. The fourth-order valence-corrected chi connectivity index (χ4v) is 4.16. The van der Waals surface area contributed by atoms with Crippen LogP contribution in [0.25, 0.3) is 27.9 Å². The number of benzene rings is 3. The van der Waals surface area contributed by atoms with Gasteiger partial charge in [-0.25, -0.2) is 0 Å². The zero-order chi connectivity index (χ0) is 23.7. The predicted molar refractivity (Wildman–Crippen MR) is 134 cm³/mol. The first kappa shape index (κ1) is 21.3. The number of hydrogen-bond donors (Lipinski definition) is 1.